The maximum atomic E-state index is 10.5. The van der Waals surface area contributed by atoms with Crippen LogP contribution in [-0.4, -0.2) is 0 Å². The molecule has 0 aromatic rings. The van der Waals surface area contributed by atoms with Crippen LogP contribution in [0.3, 0.4) is 0 Å². The molecule has 0 aromatic heterocycles. The summed E-state index contributed by atoms with van der Waals surface area (Å²) < 4.78 is 0. The average Bonchev–Trinajstić information content (AvgIpc) is 3.18. The van der Waals surface area contributed by atoms with Gasteiger partial charge < -0.3 is 0 Å². The quantitative estimate of drug-likeness (QED) is 0.670. The van der Waals surface area contributed by atoms with Gasteiger partial charge in [-0.15, -0.1) is 0 Å². The van der Waals surface area contributed by atoms with Crippen LogP contribution in [0.4, 0.5) is 0 Å². The molecule has 0 saturated heterocycles. The van der Waals surface area contributed by atoms with Crippen LogP contribution in [0.1, 0.15) is 0 Å². The molecule has 108 valence electrons. The third-order valence-corrected chi connectivity index (χ3v) is 13.7. The van der Waals surface area contributed by atoms with Gasteiger partial charge in [0.2, 0.25) is 0 Å². The smallest absolute Gasteiger partial charge is 0.0699 e. The summed E-state index contributed by atoms with van der Waals surface area (Å²) >= 11 is 0. The van der Waals surface area contributed by atoms with E-state index in [4.69, 9.17) is 0 Å². The molecule has 0 heterocycles. The first-order valence-electron chi connectivity index (χ1n) is 10.3. The van der Waals surface area contributed by atoms with E-state index in [0.717, 1.165) is 88.8 Å². The summed E-state index contributed by atoms with van der Waals surface area (Å²) in [5.41, 5.74) is 0.248. The van der Waals surface area contributed by atoms with E-state index in [1.807, 2.05) is 0 Å². The van der Waals surface area contributed by atoms with Crippen LogP contribution in [-0.2, 0) is 0 Å². The monoisotopic (exact) mass is 285 g/mol. The fraction of sp³-hybridized carbons (Fsp3) is 0.952. The lowest BCUT2D eigenvalue weighted by molar-refractivity contribution is 0.142. The number of rotatable bonds is 0. The van der Waals surface area contributed by atoms with Crippen molar-refractivity contribution in [2.24, 2.45) is 118 Å². The lowest BCUT2D eigenvalue weighted by atomic mass is 9.67. The van der Waals surface area contributed by atoms with Crippen molar-refractivity contribution in [1.29, 1.82) is 5.26 Å². The van der Waals surface area contributed by atoms with Crippen molar-refractivity contribution < 1.29 is 0 Å². The first-order chi connectivity index (χ1) is 10.9. The first kappa shape index (κ1) is 9.10. The Balaban J connectivity index is 1.48. The van der Waals surface area contributed by atoms with Crippen molar-refractivity contribution in [2.75, 3.05) is 0 Å². The molecule has 0 aromatic carbocycles. The number of hydrogen-bond acceptors (Lipinski definition) is 1. The van der Waals surface area contributed by atoms with Crippen LogP contribution in [0, 0.1) is 129 Å². The van der Waals surface area contributed by atoms with Crippen molar-refractivity contribution in [3.05, 3.63) is 0 Å². The maximum absolute atomic E-state index is 10.5. The highest BCUT2D eigenvalue weighted by Gasteiger charge is 3.02. The van der Waals surface area contributed by atoms with E-state index in [-0.39, 0.29) is 5.41 Å². The van der Waals surface area contributed by atoms with Gasteiger partial charge in [0.05, 0.1) is 11.5 Å². The number of hydrogen-bond donors (Lipinski definition) is 0. The zero-order valence-corrected chi connectivity index (χ0v) is 12.4. The van der Waals surface area contributed by atoms with Crippen LogP contribution in [0.15, 0.2) is 0 Å². The molecule has 12 aliphatic carbocycles. The van der Waals surface area contributed by atoms with Gasteiger partial charge in [-0.3, -0.25) is 0 Å². The summed E-state index contributed by atoms with van der Waals surface area (Å²) in [6.07, 6.45) is 0. The summed E-state index contributed by atoms with van der Waals surface area (Å²) in [7, 11) is 0. The van der Waals surface area contributed by atoms with Crippen molar-refractivity contribution >= 4 is 0 Å². The van der Waals surface area contributed by atoms with Crippen LogP contribution < -0.4 is 0 Å². The van der Waals surface area contributed by atoms with Gasteiger partial charge >= 0.3 is 0 Å². The van der Waals surface area contributed by atoms with E-state index < -0.39 is 0 Å². The minimum atomic E-state index is 0.248. The highest BCUT2D eigenvalue weighted by molar-refractivity contribution is 5.50. The van der Waals surface area contributed by atoms with Crippen LogP contribution in [0.2, 0.25) is 0 Å². The molecule has 1 heteroatoms. The maximum Gasteiger partial charge on any atom is 0.0699 e. The Morgan fingerprint density at radius 2 is 0.636 bits per heavy atom. The summed E-state index contributed by atoms with van der Waals surface area (Å²) in [6, 6.07) is 3.16. The average molecular weight is 285 g/mol. The minimum Gasteiger partial charge on any atom is -0.198 e. The number of nitriles is 1. The van der Waals surface area contributed by atoms with Gasteiger partial charge in [0, 0.05) is 0 Å². The zero-order chi connectivity index (χ0) is 13.2. The normalized spacial score (nSPS) is 102. The molecular weight excluding hydrogens is 266 g/mol. The van der Waals surface area contributed by atoms with E-state index in [9.17, 15) is 5.26 Å². The minimum absolute atomic E-state index is 0.248. The zero-order valence-electron chi connectivity index (χ0n) is 12.4. The predicted molar refractivity (Wildman–Crippen MR) is 74.4 cm³/mol. The largest absolute Gasteiger partial charge is 0.198 e. The van der Waals surface area contributed by atoms with Gasteiger partial charge in [-0.05, 0) is 112 Å². The van der Waals surface area contributed by atoms with Gasteiger partial charge in [0.1, 0.15) is 0 Å². The van der Waals surface area contributed by atoms with Gasteiger partial charge in [-0.2, -0.15) is 5.26 Å². The Labute approximate surface area is 129 Å². The second-order valence-electron chi connectivity index (χ2n) is 11.9. The van der Waals surface area contributed by atoms with Crippen LogP contribution in [0.25, 0.3) is 0 Å². The number of nitrogens with zero attached hydrogens (tertiary/aromatic N) is 1. The SMILES string of the molecule is N#CC12C3[C@@H]4[C@@H]5C6C7C8[C@@H]9[C@@H]6[C@@H]4C1[C@H]9[C@H]1C2[C@H]2[C@@H](C7[C@@H]5[C@@H]32)[C@H]81. The van der Waals surface area contributed by atoms with Gasteiger partial charge in [-0.1, -0.05) is 0 Å². The van der Waals surface area contributed by atoms with Crippen LogP contribution in [0.5, 0.6) is 0 Å². The lowest BCUT2D eigenvalue weighted by Gasteiger charge is -2.33. The topological polar surface area (TPSA) is 23.8 Å². The molecule has 0 radical (unpaired) electrons. The molecule has 22 heavy (non-hydrogen) atoms. The predicted octanol–water partition coefficient (Wildman–Crippen LogP) is 2.35. The van der Waals surface area contributed by atoms with E-state index in [1.54, 1.807) is 0 Å². The fourth-order valence-corrected chi connectivity index (χ4v) is 15.7. The summed E-state index contributed by atoms with van der Waals surface area (Å²) in [5, 5.41) is 10.5. The molecule has 12 rings (SSSR count). The van der Waals surface area contributed by atoms with E-state index >= 15 is 0 Å². The highest BCUT2D eigenvalue weighted by atomic mass is 15.1. The van der Waals surface area contributed by atoms with Crippen molar-refractivity contribution in [3.63, 3.8) is 0 Å². The summed E-state index contributed by atoms with van der Waals surface area (Å²) in [6.45, 7) is 0. The second kappa shape index (κ2) is 1.93. The Morgan fingerprint density at radius 1 is 0.409 bits per heavy atom. The Hall–Kier alpha value is -0.510. The molecule has 12 fully saturated rings. The Bertz CT molecular complexity index is 691. The molecule has 8 unspecified atom stereocenters. The summed E-state index contributed by atoms with van der Waals surface area (Å²) in [4.78, 5) is 0. The lowest BCUT2D eigenvalue weighted by Crippen LogP contribution is -2.34. The van der Waals surface area contributed by atoms with Crippen molar-refractivity contribution in [3.8, 4) is 6.07 Å². The molecule has 0 bridgehead atoms. The van der Waals surface area contributed by atoms with E-state index in [1.165, 1.54) is 23.7 Å². The molecule has 0 aliphatic heterocycles. The third-order valence-electron chi connectivity index (χ3n) is 13.7. The van der Waals surface area contributed by atoms with Crippen molar-refractivity contribution in [2.45, 2.75) is 0 Å². The van der Waals surface area contributed by atoms with Crippen molar-refractivity contribution in [1.82, 2.24) is 0 Å². The first-order valence-corrected chi connectivity index (χ1v) is 10.3. The van der Waals surface area contributed by atoms with Gasteiger partial charge in [0.15, 0.2) is 0 Å². The molecule has 12 aliphatic rings. The fourth-order valence-electron chi connectivity index (χ4n) is 15.7. The Morgan fingerprint density at radius 3 is 0.864 bits per heavy atom. The van der Waals surface area contributed by atoms with E-state index in [0.29, 0.717) is 0 Å². The summed E-state index contributed by atoms with van der Waals surface area (Å²) in [5.74, 6) is 21.1. The van der Waals surface area contributed by atoms with E-state index in [2.05, 4.69) is 6.07 Å². The molecule has 0 amide bonds. The van der Waals surface area contributed by atoms with Crippen LogP contribution >= 0.6 is 0 Å². The Kier molecular flexibility index (Phi) is 0.799. The van der Waals surface area contributed by atoms with Gasteiger partial charge in [-0.25, -0.2) is 0 Å². The molecular formula is C21H19N. The molecule has 20 atom stereocenters. The molecule has 0 spiro atoms. The molecule has 12 saturated carbocycles. The highest BCUT2D eigenvalue weighted by Crippen LogP contribution is 3.04. The molecule has 1 nitrogen and oxygen atoms in total. The van der Waals surface area contributed by atoms with Gasteiger partial charge in [0.25, 0.3) is 0 Å². The second-order valence-corrected chi connectivity index (χ2v) is 11.9. The third kappa shape index (κ3) is 0.404. The molecule has 0 N–H and O–H groups in total. The standard InChI is InChI=1S/C21H19N/c22-1-21-18-12-6-3-2-4-8(6)14(18)16-10(4)11-5(2)9-7(3)13(12)19(21)15(9)17(11)20(16)21/h2-20H/t2?,3?,4?,5?,6-,7-,8-,9+,10+,11+,12-,13+,14-,15+,16+,17-,18?,19?,20?,21?/m0/s1.